The molecule has 23 heavy (non-hydrogen) atoms. The van der Waals surface area contributed by atoms with Gasteiger partial charge < -0.3 is 16.0 Å². The lowest BCUT2D eigenvalue weighted by molar-refractivity contribution is -0.134. The molecule has 0 aliphatic carbocycles. The Labute approximate surface area is 140 Å². The minimum absolute atomic E-state index is 0. The maximum atomic E-state index is 13.4. The smallest absolute Gasteiger partial charge is 0.244 e. The number of amides is 2. The molecule has 0 saturated carbocycles. The Bertz CT molecular complexity index is 521. The molecule has 1 aromatic carbocycles. The van der Waals surface area contributed by atoms with Gasteiger partial charge in [-0.1, -0.05) is 6.07 Å². The summed E-state index contributed by atoms with van der Waals surface area (Å²) in [4.78, 5) is 25.1. The average Bonchev–Trinajstić information content (AvgIpc) is 2.46. The Balaban J connectivity index is 0.00000484. The van der Waals surface area contributed by atoms with E-state index in [0.29, 0.717) is 13.0 Å². The first-order valence-corrected chi connectivity index (χ1v) is 7.12. The summed E-state index contributed by atoms with van der Waals surface area (Å²) in [5.41, 5.74) is 5.08. The third-order valence-electron chi connectivity index (χ3n) is 3.11. The highest BCUT2D eigenvalue weighted by atomic mass is 35.5. The molecule has 8 heteroatoms. The molecule has 5 nitrogen and oxygen atoms in total. The largest absolute Gasteiger partial charge is 0.334 e. The van der Waals surface area contributed by atoms with Crippen molar-refractivity contribution in [2.75, 3.05) is 18.4 Å². The number of para-hydroxylation sites is 1. The van der Waals surface area contributed by atoms with E-state index in [-0.39, 0.29) is 37.3 Å². The number of likely N-dealkylation sites (N-methyl/N-ethyl adjacent to an activating group) is 1. The van der Waals surface area contributed by atoms with Gasteiger partial charge in [0.05, 0.1) is 6.54 Å². The van der Waals surface area contributed by atoms with Gasteiger partial charge in [-0.3, -0.25) is 9.59 Å². The highest BCUT2D eigenvalue weighted by molar-refractivity contribution is 5.94. The molecule has 1 aromatic rings. The molecule has 0 saturated heterocycles. The second kappa shape index (κ2) is 10.1. The molecule has 3 N–H and O–H groups in total. The van der Waals surface area contributed by atoms with E-state index >= 15 is 0 Å². The van der Waals surface area contributed by atoms with Crippen LogP contribution >= 0.6 is 12.4 Å². The molecular formula is C15H22ClF2N3O2. The SMILES string of the molecule is CCN(CC(=O)Nc1c(F)cccc1F)C(=O)CCC(C)N.Cl. The summed E-state index contributed by atoms with van der Waals surface area (Å²) < 4.78 is 26.9. The zero-order valence-corrected chi connectivity index (χ0v) is 14.0. The number of halogens is 3. The van der Waals surface area contributed by atoms with Crippen LogP contribution in [0.25, 0.3) is 0 Å². The molecule has 0 aromatic heterocycles. The van der Waals surface area contributed by atoms with Crippen LogP contribution in [0.1, 0.15) is 26.7 Å². The lowest BCUT2D eigenvalue weighted by Crippen LogP contribution is -2.38. The number of hydrogen-bond acceptors (Lipinski definition) is 3. The number of anilines is 1. The van der Waals surface area contributed by atoms with Crippen LogP contribution < -0.4 is 11.1 Å². The Morgan fingerprint density at radius 1 is 1.30 bits per heavy atom. The molecule has 1 atom stereocenters. The van der Waals surface area contributed by atoms with Crippen molar-refractivity contribution in [2.24, 2.45) is 5.73 Å². The van der Waals surface area contributed by atoms with Crippen LogP contribution in [0.4, 0.5) is 14.5 Å². The summed E-state index contributed by atoms with van der Waals surface area (Å²) in [7, 11) is 0. The molecular weight excluding hydrogens is 328 g/mol. The van der Waals surface area contributed by atoms with Crippen LogP contribution in [-0.4, -0.2) is 35.8 Å². The predicted molar refractivity (Wildman–Crippen MR) is 87.4 cm³/mol. The molecule has 0 aliphatic rings. The average molecular weight is 350 g/mol. The number of nitrogens with two attached hydrogens (primary N) is 1. The molecule has 0 spiro atoms. The van der Waals surface area contributed by atoms with Gasteiger partial charge in [0, 0.05) is 19.0 Å². The number of nitrogens with one attached hydrogen (secondary N) is 1. The van der Waals surface area contributed by atoms with Gasteiger partial charge in [0.15, 0.2) is 0 Å². The second-order valence-electron chi connectivity index (χ2n) is 5.07. The van der Waals surface area contributed by atoms with E-state index in [9.17, 15) is 18.4 Å². The Hall–Kier alpha value is -1.73. The van der Waals surface area contributed by atoms with Crippen molar-refractivity contribution in [1.29, 1.82) is 0 Å². The molecule has 1 unspecified atom stereocenters. The van der Waals surface area contributed by atoms with Crippen molar-refractivity contribution >= 4 is 29.9 Å². The number of benzene rings is 1. The first-order chi connectivity index (χ1) is 10.3. The van der Waals surface area contributed by atoms with Crippen LogP contribution in [0.2, 0.25) is 0 Å². The normalized spacial score (nSPS) is 11.3. The Morgan fingerprint density at radius 2 is 1.87 bits per heavy atom. The number of hydrogen-bond donors (Lipinski definition) is 2. The van der Waals surface area contributed by atoms with E-state index in [1.54, 1.807) is 13.8 Å². The zero-order chi connectivity index (χ0) is 16.7. The maximum Gasteiger partial charge on any atom is 0.244 e. The molecule has 130 valence electrons. The molecule has 0 heterocycles. The molecule has 2 amide bonds. The molecule has 0 bridgehead atoms. The van der Waals surface area contributed by atoms with E-state index in [1.807, 2.05) is 0 Å². The quantitative estimate of drug-likeness (QED) is 0.793. The fraction of sp³-hybridized carbons (Fsp3) is 0.467. The van der Waals surface area contributed by atoms with Gasteiger partial charge in [0.25, 0.3) is 0 Å². The van der Waals surface area contributed by atoms with Crippen molar-refractivity contribution in [2.45, 2.75) is 32.7 Å². The summed E-state index contributed by atoms with van der Waals surface area (Å²) in [6.07, 6.45) is 0.742. The van der Waals surface area contributed by atoms with Crippen LogP contribution in [0.5, 0.6) is 0 Å². The van der Waals surface area contributed by atoms with E-state index in [2.05, 4.69) is 5.32 Å². The Kier molecular flexibility index (Phi) is 9.36. The predicted octanol–water partition coefficient (Wildman–Crippen LogP) is 2.30. The number of nitrogens with zero attached hydrogens (tertiary/aromatic N) is 1. The van der Waals surface area contributed by atoms with Crippen molar-refractivity contribution in [3.8, 4) is 0 Å². The third-order valence-corrected chi connectivity index (χ3v) is 3.11. The minimum Gasteiger partial charge on any atom is -0.334 e. The summed E-state index contributed by atoms with van der Waals surface area (Å²) in [5, 5.41) is 2.16. The molecule has 1 rings (SSSR count). The van der Waals surface area contributed by atoms with Crippen molar-refractivity contribution < 1.29 is 18.4 Å². The third kappa shape index (κ3) is 6.92. The maximum absolute atomic E-state index is 13.4. The van der Waals surface area contributed by atoms with E-state index < -0.39 is 23.2 Å². The van der Waals surface area contributed by atoms with Gasteiger partial charge in [0.1, 0.15) is 17.3 Å². The Morgan fingerprint density at radius 3 is 2.35 bits per heavy atom. The second-order valence-corrected chi connectivity index (χ2v) is 5.07. The van der Waals surface area contributed by atoms with Gasteiger partial charge >= 0.3 is 0 Å². The number of rotatable bonds is 7. The highest BCUT2D eigenvalue weighted by Crippen LogP contribution is 2.17. The van der Waals surface area contributed by atoms with E-state index in [4.69, 9.17) is 5.73 Å². The number of carbonyl (C=O) groups is 2. The number of carbonyl (C=O) groups excluding carboxylic acids is 2. The molecule has 0 radical (unpaired) electrons. The van der Waals surface area contributed by atoms with E-state index in [1.165, 1.54) is 11.0 Å². The molecule has 0 aliphatic heterocycles. The topological polar surface area (TPSA) is 75.4 Å². The first-order valence-electron chi connectivity index (χ1n) is 7.12. The summed E-state index contributed by atoms with van der Waals surface area (Å²) in [5.74, 6) is -2.59. The fourth-order valence-corrected chi connectivity index (χ4v) is 1.86. The summed E-state index contributed by atoms with van der Waals surface area (Å²) >= 11 is 0. The van der Waals surface area contributed by atoms with E-state index in [0.717, 1.165) is 12.1 Å². The van der Waals surface area contributed by atoms with Gasteiger partial charge in [-0.15, -0.1) is 12.4 Å². The van der Waals surface area contributed by atoms with Crippen LogP contribution in [0.3, 0.4) is 0 Å². The van der Waals surface area contributed by atoms with Crippen LogP contribution in [0.15, 0.2) is 18.2 Å². The standard InChI is InChI=1S/C15H21F2N3O2.ClH/c1-3-20(14(22)8-7-10(2)18)9-13(21)19-15-11(16)5-4-6-12(15)17;/h4-6,10H,3,7-9,18H2,1-2H3,(H,19,21);1H. The lowest BCUT2D eigenvalue weighted by atomic mass is 10.2. The highest BCUT2D eigenvalue weighted by Gasteiger charge is 2.18. The van der Waals surface area contributed by atoms with Crippen LogP contribution in [-0.2, 0) is 9.59 Å². The van der Waals surface area contributed by atoms with Crippen molar-refractivity contribution in [1.82, 2.24) is 4.90 Å². The van der Waals surface area contributed by atoms with Crippen molar-refractivity contribution in [3.63, 3.8) is 0 Å². The van der Waals surface area contributed by atoms with Crippen molar-refractivity contribution in [3.05, 3.63) is 29.8 Å². The first kappa shape index (κ1) is 21.3. The summed E-state index contributed by atoms with van der Waals surface area (Å²) in [6, 6.07) is 3.19. The summed E-state index contributed by atoms with van der Waals surface area (Å²) in [6.45, 7) is 3.57. The van der Waals surface area contributed by atoms with Gasteiger partial charge in [-0.25, -0.2) is 8.78 Å². The van der Waals surface area contributed by atoms with Gasteiger partial charge in [-0.05, 0) is 32.4 Å². The minimum atomic E-state index is -0.861. The fourth-order valence-electron chi connectivity index (χ4n) is 1.86. The molecule has 0 fully saturated rings. The van der Waals surface area contributed by atoms with Crippen LogP contribution in [0, 0.1) is 11.6 Å². The lowest BCUT2D eigenvalue weighted by Gasteiger charge is -2.21. The van der Waals surface area contributed by atoms with Gasteiger partial charge in [-0.2, -0.15) is 0 Å². The zero-order valence-electron chi connectivity index (χ0n) is 13.1. The van der Waals surface area contributed by atoms with Gasteiger partial charge in [0.2, 0.25) is 11.8 Å². The monoisotopic (exact) mass is 349 g/mol.